The second-order valence-corrected chi connectivity index (χ2v) is 7.30. The van der Waals surface area contributed by atoms with Crippen LogP contribution in [0.5, 0.6) is 0 Å². The summed E-state index contributed by atoms with van der Waals surface area (Å²) in [5.41, 5.74) is 1.18. The van der Waals surface area contributed by atoms with E-state index >= 15 is 0 Å². The second kappa shape index (κ2) is 7.54. The van der Waals surface area contributed by atoms with Crippen molar-refractivity contribution in [1.82, 2.24) is 5.32 Å². The molecule has 1 aromatic carbocycles. The maximum Gasteiger partial charge on any atom is 0.151 e. The van der Waals surface area contributed by atoms with Gasteiger partial charge in [-0.05, 0) is 17.9 Å². The zero-order valence-corrected chi connectivity index (χ0v) is 12.0. The van der Waals surface area contributed by atoms with Crippen molar-refractivity contribution in [3.63, 3.8) is 0 Å². The Morgan fingerprint density at radius 2 is 1.78 bits per heavy atom. The van der Waals surface area contributed by atoms with E-state index in [0.717, 1.165) is 13.0 Å². The Labute approximate surface area is 111 Å². The molecule has 18 heavy (non-hydrogen) atoms. The van der Waals surface area contributed by atoms with Crippen molar-refractivity contribution >= 4 is 9.84 Å². The van der Waals surface area contributed by atoms with Gasteiger partial charge < -0.3 is 5.32 Å². The molecule has 4 heteroatoms. The predicted octanol–water partition coefficient (Wildman–Crippen LogP) is 2.24. The lowest BCUT2D eigenvalue weighted by Gasteiger charge is -2.07. The largest absolute Gasteiger partial charge is 0.312 e. The summed E-state index contributed by atoms with van der Waals surface area (Å²) in [4.78, 5) is 0. The van der Waals surface area contributed by atoms with Crippen LogP contribution in [0.25, 0.3) is 0 Å². The highest BCUT2D eigenvalue weighted by Gasteiger charge is 2.10. The molecule has 0 saturated carbocycles. The molecule has 0 atom stereocenters. The number of sulfone groups is 1. The monoisotopic (exact) mass is 269 g/mol. The first-order valence-electron chi connectivity index (χ1n) is 6.44. The Balaban J connectivity index is 2.21. The third kappa shape index (κ3) is 6.77. The summed E-state index contributed by atoms with van der Waals surface area (Å²) in [6, 6.07) is 9.99. The summed E-state index contributed by atoms with van der Waals surface area (Å²) < 4.78 is 23.4. The molecule has 3 nitrogen and oxygen atoms in total. The van der Waals surface area contributed by atoms with Crippen molar-refractivity contribution in [2.45, 2.75) is 26.8 Å². The Morgan fingerprint density at radius 1 is 1.11 bits per heavy atom. The van der Waals surface area contributed by atoms with E-state index in [1.807, 2.05) is 44.2 Å². The van der Waals surface area contributed by atoms with Crippen LogP contribution in [0.3, 0.4) is 0 Å². The minimum atomic E-state index is -2.89. The van der Waals surface area contributed by atoms with Gasteiger partial charge in [0, 0.05) is 13.1 Å². The predicted molar refractivity (Wildman–Crippen MR) is 76.3 cm³/mol. The molecule has 1 rings (SSSR count). The molecule has 0 aliphatic heterocycles. The lowest BCUT2D eigenvalue weighted by atomic mass is 10.2. The Kier molecular flexibility index (Phi) is 6.36. The van der Waals surface area contributed by atoms with Crippen LogP contribution in [0.2, 0.25) is 0 Å². The van der Waals surface area contributed by atoms with Crippen LogP contribution >= 0.6 is 0 Å². The quantitative estimate of drug-likeness (QED) is 0.736. The second-order valence-electron chi connectivity index (χ2n) is 5.00. The molecule has 0 aromatic heterocycles. The first kappa shape index (κ1) is 15.2. The van der Waals surface area contributed by atoms with Crippen molar-refractivity contribution in [2.24, 2.45) is 5.92 Å². The normalized spacial score (nSPS) is 11.9. The van der Waals surface area contributed by atoms with E-state index in [1.165, 1.54) is 5.56 Å². The van der Waals surface area contributed by atoms with Gasteiger partial charge >= 0.3 is 0 Å². The van der Waals surface area contributed by atoms with E-state index < -0.39 is 9.84 Å². The molecule has 0 fully saturated rings. The molecule has 0 aliphatic carbocycles. The summed E-state index contributed by atoms with van der Waals surface area (Å²) in [5, 5.41) is 3.17. The SMILES string of the molecule is CC(C)CCS(=O)(=O)CCNCc1ccccc1. The van der Waals surface area contributed by atoms with Crippen LogP contribution in [0, 0.1) is 5.92 Å². The van der Waals surface area contributed by atoms with Gasteiger partial charge in [-0.2, -0.15) is 0 Å². The van der Waals surface area contributed by atoms with E-state index in [2.05, 4.69) is 5.32 Å². The van der Waals surface area contributed by atoms with Gasteiger partial charge in [-0.3, -0.25) is 0 Å². The third-order valence-corrected chi connectivity index (χ3v) is 4.45. The highest BCUT2D eigenvalue weighted by molar-refractivity contribution is 7.91. The fraction of sp³-hybridized carbons (Fsp3) is 0.571. The summed E-state index contributed by atoms with van der Waals surface area (Å²) in [6.45, 7) is 5.34. The maximum absolute atomic E-state index is 11.7. The van der Waals surface area contributed by atoms with Crippen molar-refractivity contribution in [3.8, 4) is 0 Å². The summed E-state index contributed by atoms with van der Waals surface area (Å²) in [7, 11) is -2.89. The average molecular weight is 269 g/mol. The summed E-state index contributed by atoms with van der Waals surface area (Å²) in [6.07, 6.45) is 0.751. The number of hydrogen-bond donors (Lipinski definition) is 1. The van der Waals surface area contributed by atoms with Crippen LogP contribution in [0.4, 0.5) is 0 Å². The van der Waals surface area contributed by atoms with Gasteiger partial charge in [0.1, 0.15) is 0 Å². The van der Waals surface area contributed by atoms with Crippen molar-refractivity contribution in [1.29, 1.82) is 0 Å². The Morgan fingerprint density at radius 3 is 2.39 bits per heavy atom. The van der Waals surface area contributed by atoms with Gasteiger partial charge in [0.25, 0.3) is 0 Å². The zero-order chi connectivity index (χ0) is 13.4. The first-order chi connectivity index (χ1) is 8.49. The maximum atomic E-state index is 11.7. The number of nitrogens with one attached hydrogen (secondary N) is 1. The molecule has 102 valence electrons. The average Bonchev–Trinajstić information content (AvgIpc) is 2.34. The first-order valence-corrected chi connectivity index (χ1v) is 8.27. The summed E-state index contributed by atoms with van der Waals surface area (Å²) in [5.74, 6) is 0.974. The lowest BCUT2D eigenvalue weighted by molar-refractivity contribution is 0.570. The van der Waals surface area contributed by atoms with Crippen LogP contribution in [-0.2, 0) is 16.4 Å². The molecular weight excluding hydrogens is 246 g/mol. The number of hydrogen-bond acceptors (Lipinski definition) is 3. The molecule has 0 saturated heterocycles. The fourth-order valence-electron chi connectivity index (χ4n) is 1.57. The molecule has 0 heterocycles. The van der Waals surface area contributed by atoms with Crippen molar-refractivity contribution < 1.29 is 8.42 Å². The zero-order valence-electron chi connectivity index (χ0n) is 11.2. The lowest BCUT2D eigenvalue weighted by Crippen LogP contribution is -2.24. The summed E-state index contributed by atoms with van der Waals surface area (Å²) >= 11 is 0. The molecular formula is C14H23NO2S. The molecule has 0 amide bonds. The van der Waals surface area contributed by atoms with Crippen molar-refractivity contribution in [2.75, 3.05) is 18.1 Å². The van der Waals surface area contributed by atoms with Gasteiger partial charge in [-0.25, -0.2) is 8.42 Å². The standard InChI is InChI=1S/C14H23NO2S/c1-13(2)8-10-18(16,17)11-9-15-12-14-6-4-3-5-7-14/h3-7,13,15H,8-12H2,1-2H3. The van der Waals surface area contributed by atoms with Crippen LogP contribution < -0.4 is 5.32 Å². The van der Waals surface area contributed by atoms with Gasteiger partial charge in [0.2, 0.25) is 0 Å². The van der Waals surface area contributed by atoms with Crippen molar-refractivity contribution in [3.05, 3.63) is 35.9 Å². The van der Waals surface area contributed by atoms with E-state index in [4.69, 9.17) is 0 Å². The highest BCUT2D eigenvalue weighted by atomic mass is 32.2. The third-order valence-electron chi connectivity index (χ3n) is 2.77. The van der Waals surface area contributed by atoms with Crippen LogP contribution in [0.15, 0.2) is 30.3 Å². The van der Waals surface area contributed by atoms with E-state index in [9.17, 15) is 8.42 Å². The van der Waals surface area contributed by atoms with Crippen LogP contribution in [-0.4, -0.2) is 26.5 Å². The van der Waals surface area contributed by atoms with Gasteiger partial charge in [-0.1, -0.05) is 44.2 Å². The molecule has 0 bridgehead atoms. The molecule has 0 spiro atoms. The van der Waals surface area contributed by atoms with E-state index in [-0.39, 0.29) is 5.75 Å². The molecule has 1 N–H and O–H groups in total. The Hall–Kier alpha value is -0.870. The minimum Gasteiger partial charge on any atom is -0.312 e. The molecule has 0 radical (unpaired) electrons. The topological polar surface area (TPSA) is 46.2 Å². The minimum absolute atomic E-state index is 0.229. The molecule has 1 aromatic rings. The van der Waals surface area contributed by atoms with Gasteiger partial charge in [0.15, 0.2) is 9.84 Å². The number of benzene rings is 1. The molecule has 0 aliphatic rings. The highest BCUT2D eigenvalue weighted by Crippen LogP contribution is 2.03. The fourth-order valence-corrected chi connectivity index (χ4v) is 3.06. The van der Waals surface area contributed by atoms with E-state index in [1.54, 1.807) is 0 Å². The van der Waals surface area contributed by atoms with Gasteiger partial charge in [-0.15, -0.1) is 0 Å². The Bertz CT molecular complexity index is 426. The smallest absolute Gasteiger partial charge is 0.151 e. The van der Waals surface area contributed by atoms with E-state index in [0.29, 0.717) is 18.2 Å². The van der Waals surface area contributed by atoms with Gasteiger partial charge in [0.05, 0.1) is 11.5 Å². The number of rotatable bonds is 8. The molecule has 0 unspecified atom stereocenters. The van der Waals surface area contributed by atoms with Crippen LogP contribution in [0.1, 0.15) is 25.8 Å².